The van der Waals surface area contributed by atoms with Crippen LogP contribution < -0.4 is 0 Å². The fraction of sp³-hybridized carbons (Fsp3) is 0.882. The van der Waals surface area contributed by atoms with Gasteiger partial charge in [0, 0.05) is 0 Å². The molecule has 12 nitrogen and oxygen atoms in total. The van der Waals surface area contributed by atoms with Crippen LogP contribution >= 0.6 is 0 Å². The van der Waals surface area contributed by atoms with Gasteiger partial charge < -0.3 is 49.6 Å². The number of hydrogen-bond acceptors (Lipinski definition) is 11. The molecule has 0 radical (unpaired) electrons. The first kappa shape index (κ1) is 24.1. The van der Waals surface area contributed by atoms with Crippen molar-refractivity contribution >= 4 is 11.8 Å². The Balaban J connectivity index is 2.28. The van der Waals surface area contributed by atoms with Crippen LogP contribution in [-0.4, -0.2) is 109 Å². The predicted molar refractivity (Wildman–Crippen MR) is 91.4 cm³/mol. The number of carbonyl (C=O) groups excluding carboxylic acids is 1. The summed E-state index contributed by atoms with van der Waals surface area (Å²) in [5, 5.41) is 59.6. The van der Waals surface area contributed by atoms with E-state index in [9.17, 15) is 35.1 Å². The Bertz CT molecular complexity index is 604. The third-order valence-corrected chi connectivity index (χ3v) is 4.52. The summed E-state index contributed by atoms with van der Waals surface area (Å²) in [6.07, 6.45) is -17.3. The van der Waals surface area contributed by atoms with Gasteiger partial charge in [0.15, 0.2) is 24.5 Å². The average Bonchev–Trinajstić information content (AvgIpc) is 2.59. The van der Waals surface area contributed by atoms with E-state index in [0.717, 1.165) is 6.92 Å². The highest BCUT2D eigenvalue weighted by Crippen LogP contribution is 2.31. The lowest BCUT2D eigenvalue weighted by atomic mass is 9.95. The first-order valence-corrected chi connectivity index (χ1v) is 9.02. The molecule has 2 aliphatic heterocycles. The molecule has 2 aliphatic rings. The molecule has 0 saturated carbocycles. The van der Waals surface area contributed by atoms with Gasteiger partial charge in [-0.3, -0.25) is 4.79 Å². The highest BCUT2D eigenvalue weighted by molar-refractivity contribution is 5.81. The molecule has 12 heteroatoms. The normalized spacial score (nSPS) is 43.8. The van der Waals surface area contributed by atoms with E-state index in [4.69, 9.17) is 24.1 Å². The Morgan fingerprint density at radius 3 is 1.79 bits per heavy atom. The maximum absolute atomic E-state index is 11.7. The van der Waals surface area contributed by atoms with Gasteiger partial charge in [-0.1, -0.05) is 0 Å². The van der Waals surface area contributed by atoms with Crippen molar-refractivity contribution in [2.45, 2.75) is 94.7 Å². The molecule has 168 valence electrons. The zero-order valence-corrected chi connectivity index (χ0v) is 16.4. The smallest absolute Gasteiger partial charge is 0.335 e. The van der Waals surface area contributed by atoms with Crippen LogP contribution in [0.1, 0.15) is 27.7 Å². The number of Topliss-reactive ketones (excluding diaryl/α,β-unsaturated/α-hetero) is 1. The maximum atomic E-state index is 11.7. The summed E-state index contributed by atoms with van der Waals surface area (Å²) in [4.78, 5) is 23.0. The molecule has 0 bridgehead atoms. The fourth-order valence-corrected chi connectivity index (χ4v) is 3.08. The van der Waals surface area contributed by atoms with Crippen molar-refractivity contribution in [2.24, 2.45) is 0 Å². The molecular formula is C17H28O12. The van der Waals surface area contributed by atoms with Crippen molar-refractivity contribution in [2.75, 3.05) is 0 Å². The summed E-state index contributed by atoms with van der Waals surface area (Å²) in [7, 11) is 0. The predicted octanol–water partition coefficient (Wildman–Crippen LogP) is -2.89. The van der Waals surface area contributed by atoms with E-state index in [-0.39, 0.29) is 0 Å². The number of ether oxygens (including phenoxy) is 4. The summed E-state index contributed by atoms with van der Waals surface area (Å²) in [6.45, 7) is 6.11. The van der Waals surface area contributed by atoms with Gasteiger partial charge in [-0.2, -0.15) is 0 Å². The molecule has 2 fully saturated rings. The van der Waals surface area contributed by atoms with Crippen molar-refractivity contribution in [1.29, 1.82) is 0 Å². The minimum Gasteiger partial charge on any atom is -0.479 e. The van der Waals surface area contributed by atoms with Crippen LogP contribution in [0.25, 0.3) is 0 Å². The van der Waals surface area contributed by atoms with Crippen LogP contribution in [0.2, 0.25) is 0 Å². The number of ketones is 1. The van der Waals surface area contributed by atoms with Crippen LogP contribution in [0.5, 0.6) is 0 Å². The first-order chi connectivity index (χ1) is 13.2. The molecule has 0 aromatic carbocycles. The third-order valence-electron chi connectivity index (χ3n) is 4.52. The topological polar surface area (TPSA) is 192 Å². The minimum absolute atomic E-state index is 0.573. The van der Waals surface area contributed by atoms with Crippen LogP contribution in [0, 0.1) is 0 Å². The van der Waals surface area contributed by atoms with Gasteiger partial charge >= 0.3 is 5.97 Å². The third kappa shape index (κ3) is 5.29. The van der Waals surface area contributed by atoms with E-state index in [2.05, 4.69) is 0 Å². The van der Waals surface area contributed by atoms with Crippen LogP contribution in [0.3, 0.4) is 0 Å². The average molecular weight is 424 g/mol. The number of aliphatic carboxylic acids is 1. The maximum Gasteiger partial charge on any atom is 0.335 e. The second-order valence-electron chi connectivity index (χ2n) is 8.08. The summed E-state index contributed by atoms with van der Waals surface area (Å²) in [5.41, 5.74) is -0.846. The van der Waals surface area contributed by atoms with Crippen LogP contribution in [0.4, 0.5) is 0 Å². The molecule has 0 amide bonds. The molecule has 2 saturated heterocycles. The Hall–Kier alpha value is -1.22. The number of aliphatic hydroxyl groups excluding tert-OH is 5. The van der Waals surface area contributed by atoms with Crippen molar-refractivity contribution in [3.63, 3.8) is 0 Å². The zero-order valence-electron chi connectivity index (χ0n) is 16.4. The molecule has 0 aliphatic carbocycles. The number of aliphatic hydroxyl groups is 5. The zero-order chi connectivity index (χ0) is 22.3. The first-order valence-electron chi connectivity index (χ1n) is 9.02. The monoisotopic (exact) mass is 424 g/mol. The number of hydrogen-bond donors (Lipinski definition) is 6. The Morgan fingerprint density at radius 2 is 1.31 bits per heavy atom. The molecular weight excluding hydrogens is 396 g/mol. The summed E-state index contributed by atoms with van der Waals surface area (Å²) < 4.78 is 21.6. The number of carbonyl (C=O) groups is 2. The summed E-state index contributed by atoms with van der Waals surface area (Å²) in [5.74, 6) is -2.19. The van der Waals surface area contributed by atoms with Gasteiger partial charge in [-0.25, -0.2) is 4.79 Å². The molecule has 6 N–H and O–H groups in total. The van der Waals surface area contributed by atoms with E-state index in [0.29, 0.717) is 0 Å². The lowest BCUT2D eigenvalue weighted by Gasteiger charge is -2.46. The Morgan fingerprint density at radius 1 is 0.793 bits per heavy atom. The van der Waals surface area contributed by atoms with Crippen molar-refractivity contribution in [3.05, 3.63) is 0 Å². The quantitative estimate of drug-likeness (QED) is 0.264. The van der Waals surface area contributed by atoms with Gasteiger partial charge in [0.05, 0.1) is 5.60 Å². The van der Waals surface area contributed by atoms with Gasteiger partial charge in [0.1, 0.15) is 42.7 Å². The van der Waals surface area contributed by atoms with Crippen molar-refractivity contribution < 1.29 is 59.2 Å². The van der Waals surface area contributed by atoms with Gasteiger partial charge in [0.2, 0.25) is 0 Å². The van der Waals surface area contributed by atoms with Gasteiger partial charge in [-0.15, -0.1) is 0 Å². The highest BCUT2D eigenvalue weighted by atomic mass is 16.8. The SMILES string of the molecule is CC(=O)[C@H]1O[C@@H](OC(C)(C)C)[C@H](O[C@@H]2O[C@H](C(=O)O)[C@@H](O)[C@H](O)[C@H]2O)[C@@H](O)[C@@H]1O. The van der Waals surface area contributed by atoms with E-state index < -0.39 is 78.8 Å². The van der Waals surface area contributed by atoms with Gasteiger partial charge in [0.25, 0.3) is 0 Å². The van der Waals surface area contributed by atoms with Gasteiger partial charge in [-0.05, 0) is 27.7 Å². The molecule has 29 heavy (non-hydrogen) atoms. The summed E-state index contributed by atoms with van der Waals surface area (Å²) >= 11 is 0. The molecule has 0 aromatic heterocycles. The second kappa shape index (κ2) is 8.88. The fourth-order valence-electron chi connectivity index (χ4n) is 3.08. The number of carboxylic acid groups (broad SMARTS) is 1. The van der Waals surface area contributed by atoms with E-state index in [1.807, 2.05) is 0 Å². The van der Waals surface area contributed by atoms with E-state index >= 15 is 0 Å². The highest BCUT2D eigenvalue weighted by Gasteiger charge is 2.53. The lowest BCUT2D eigenvalue weighted by Crippen LogP contribution is -2.65. The molecule has 2 heterocycles. The standard InChI is InChI=1S/C17H28O12/c1-5(18)11-8(21)9(22)13(16(26-11)29-17(2,3)4)28-15-10(23)6(19)7(20)12(27-15)14(24)25/h6-13,15-16,19-23H,1-4H3,(H,24,25)/t6-,7-,8-,9-,10+,11+,12-,13+,15-,16-/m0/s1. The van der Waals surface area contributed by atoms with Crippen molar-refractivity contribution in [1.82, 2.24) is 0 Å². The second-order valence-corrected chi connectivity index (χ2v) is 8.08. The molecule has 2 rings (SSSR count). The summed E-state index contributed by atoms with van der Waals surface area (Å²) in [6, 6.07) is 0. The Kier molecular flexibility index (Phi) is 7.36. The lowest BCUT2D eigenvalue weighted by molar-refractivity contribution is -0.367. The largest absolute Gasteiger partial charge is 0.479 e. The molecule has 0 unspecified atom stereocenters. The molecule has 10 atom stereocenters. The van der Waals surface area contributed by atoms with E-state index in [1.54, 1.807) is 20.8 Å². The Labute approximate surface area is 166 Å². The van der Waals surface area contributed by atoms with Crippen LogP contribution in [-0.2, 0) is 28.5 Å². The van der Waals surface area contributed by atoms with Crippen molar-refractivity contribution in [3.8, 4) is 0 Å². The van der Waals surface area contributed by atoms with Crippen LogP contribution in [0.15, 0.2) is 0 Å². The molecule has 0 aromatic rings. The minimum atomic E-state index is -1.93. The molecule has 0 spiro atoms. The number of carboxylic acids is 1. The van der Waals surface area contributed by atoms with E-state index in [1.165, 1.54) is 0 Å². The number of rotatable bonds is 5.